The van der Waals surface area contributed by atoms with E-state index in [9.17, 15) is 8.42 Å². The van der Waals surface area contributed by atoms with Crippen LogP contribution in [-0.4, -0.2) is 24.5 Å². The van der Waals surface area contributed by atoms with Gasteiger partial charge in [0.15, 0.2) is 9.84 Å². The highest BCUT2D eigenvalue weighted by molar-refractivity contribution is 7.94. The monoisotopic (exact) mass is 271 g/mol. The molecular weight excluding hydrogens is 246 g/mol. The highest BCUT2D eigenvalue weighted by atomic mass is 32.2. The Morgan fingerprint density at radius 3 is 1.78 bits per heavy atom. The molecule has 3 nitrogen and oxygen atoms in total. The second kappa shape index (κ2) is 3.72. The normalized spacial score (nSPS) is 43.4. The fourth-order valence-electron chi connectivity index (χ4n) is 5.06. The van der Waals surface area contributed by atoms with E-state index in [1.807, 2.05) is 0 Å². The van der Waals surface area contributed by atoms with Crippen LogP contribution in [0.3, 0.4) is 0 Å². The van der Waals surface area contributed by atoms with Crippen molar-refractivity contribution in [2.24, 2.45) is 23.5 Å². The van der Waals surface area contributed by atoms with E-state index in [0.717, 1.165) is 19.3 Å². The topological polar surface area (TPSA) is 60.2 Å². The average Bonchev–Trinajstić information content (AvgIpc) is 2.26. The second-order valence-electron chi connectivity index (χ2n) is 7.57. The summed E-state index contributed by atoms with van der Waals surface area (Å²) in [5.41, 5.74) is 5.73. The van der Waals surface area contributed by atoms with E-state index >= 15 is 0 Å². The summed E-state index contributed by atoms with van der Waals surface area (Å²) in [4.78, 5) is 0. The van der Waals surface area contributed by atoms with Crippen molar-refractivity contribution in [2.75, 3.05) is 6.54 Å². The van der Waals surface area contributed by atoms with Gasteiger partial charge < -0.3 is 5.73 Å². The maximum absolute atomic E-state index is 13.1. The van der Waals surface area contributed by atoms with Crippen molar-refractivity contribution < 1.29 is 8.42 Å². The van der Waals surface area contributed by atoms with Gasteiger partial charge in [-0.2, -0.15) is 0 Å². The zero-order valence-corrected chi connectivity index (χ0v) is 12.3. The first-order valence-electron chi connectivity index (χ1n) is 7.24. The zero-order chi connectivity index (χ0) is 13.2. The van der Waals surface area contributed by atoms with Gasteiger partial charge in [-0.25, -0.2) is 8.42 Å². The lowest BCUT2D eigenvalue weighted by Crippen LogP contribution is -2.60. The summed E-state index contributed by atoms with van der Waals surface area (Å²) in [6, 6.07) is 0. The Bertz CT molecular complexity index is 417. The third kappa shape index (κ3) is 1.54. The fraction of sp³-hybridized carbons (Fsp3) is 1.00. The van der Waals surface area contributed by atoms with Gasteiger partial charge in [0.05, 0.1) is 9.49 Å². The molecule has 0 spiro atoms. The van der Waals surface area contributed by atoms with E-state index < -0.39 is 19.3 Å². The minimum atomic E-state index is -3.13. The van der Waals surface area contributed by atoms with Crippen LogP contribution >= 0.6 is 0 Å². The van der Waals surface area contributed by atoms with Gasteiger partial charge in [0.25, 0.3) is 0 Å². The van der Waals surface area contributed by atoms with E-state index in [1.165, 1.54) is 19.3 Å². The standard InChI is InChI=1S/C14H25NO2S/c1-13(2,9-15)18(16,17)14-6-10-3-11(7-14)5-12(4-10)8-14/h10-12H,3-9,15H2,1-2H3. The summed E-state index contributed by atoms with van der Waals surface area (Å²) in [5, 5.41) is 0. The maximum Gasteiger partial charge on any atom is 0.162 e. The van der Waals surface area contributed by atoms with Gasteiger partial charge in [-0.1, -0.05) is 0 Å². The molecule has 0 unspecified atom stereocenters. The molecule has 2 N–H and O–H groups in total. The summed E-state index contributed by atoms with van der Waals surface area (Å²) in [6.45, 7) is 3.85. The van der Waals surface area contributed by atoms with Crippen LogP contribution in [0.25, 0.3) is 0 Å². The van der Waals surface area contributed by atoms with Crippen molar-refractivity contribution in [3.05, 3.63) is 0 Å². The first-order chi connectivity index (χ1) is 8.30. The number of rotatable bonds is 3. The second-order valence-corrected chi connectivity index (χ2v) is 10.5. The number of hydrogen-bond acceptors (Lipinski definition) is 3. The maximum atomic E-state index is 13.1. The Morgan fingerprint density at radius 2 is 1.44 bits per heavy atom. The van der Waals surface area contributed by atoms with Gasteiger partial charge >= 0.3 is 0 Å². The molecule has 4 heteroatoms. The quantitative estimate of drug-likeness (QED) is 0.855. The Hall–Kier alpha value is -0.0900. The van der Waals surface area contributed by atoms with Crippen molar-refractivity contribution in [2.45, 2.75) is 61.9 Å². The lowest BCUT2D eigenvalue weighted by atomic mass is 9.56. The van der Waals surface area contributed by atoms with Crippen LogP contribution in [0, 0.1) is 17.8 Å². The molecule has 0 aromatic rings. The molecule has 0 amide bonds. The van der Waals surface area contributed by atoms with Crippen molar-refractivity contribution in [1.82, 2.24) is 0 Å². The highest BCUT2D eigenvalue weighted by Crippen LogP contribution is 2.59. The third-order valence-corrected chi connectivity index (χ3v) is 9.03. The molecule has 0 radical (unpaired) electrons. The minimum absolute atomic E-state index is 0.233. The number of nitrogens with two attached hydrogens (primary N) is 1. The molecule has 104 valence electrons. The SMILES string of the molecule is CC(C)(CN)S(=O)(=O)C12CC3CC(CC(C3)C1)C2. The van der Waals surface area contributed by atoms with Gasteiger partial charge in [-0.05, 0) is 70.1 Å². The molecule has 0 saturated heterocycles. The third-order valence-electron chi connectivity index (χ3n) is 5.77. The molecule has 0 aromatic heterocycles. The largest absolute Gasteiger partial charge is 0.329 e. The molecule has 4 saturated carbocycles. The van der Waals surface area contributed by atoms with Crippen LogP contribution in [0.1, 0.15) is 52.4 Å². The summed E-state index contributed by atoms with van der Waals surface area (Å²) >= 11 is 0. The summed E-state index contributed by atoms with van der Waals surface area (Å²) in [7, 11) is -3.13. The molecule has 4 rings (SSSR count). The van der Waals surface area contributed by atoms with E-state index in [-0.39, 0.29) is 6.54 Å². The molecular formula is C14H25NO2S. The molecule has 18 heavy (non-hydrogen) atoms. The van der Waals surface area contributed by atoms with Gasteiger partial charge in [0.1, 0.15) is 0 Å². The van der Waals surface area contributed by atoms with Crippen molar-refractivity contribution in [1.29, 1.82) is 0 Å². The lowest BCUT2D eigenvalue weighted by molar-refractivity contribution is 0.0330. The molecule has 0 atom stereocenters. The molecule has 4 aliphatic rings. The van der Waals surface area contributed by atoms with Crippen molar-refractivity contribution in [3.8, 4) is 0 Å². The molecule has 0 aromatic carbocycles. The Balaban J connectivity index is 2.01. The van der Waals surface area contributed by atoms with Gasteiger partial charge in [0, 0.05) is 6.54 Å². The molecule has 4 aliphatic carbocycles. The summed E-state index contributed by atoms with van der Waals surface area (Å²) in [5.74, 6) is 2.00. The molecule has 0 aliphatic heterocycles. The van der Waals surface area contributed by atoms with E-state index in [1.54, 1.807) is 13.8 Å². The van der Waals surface area contributed by atoms with Crippen LogP contribution in [0.2, 0.25) is 0 Å². The molecule has 4 bridgehead atoms. The number of hydrogen-bond donors (Lipinski definition) is 1. The summed E-state index contributed by atoms with van der Waals surface area (Å²) < 4.78 is 24.9. The highest BCUT2D eigenvalue weighted by Gasteiger charge is 2.60. The van der Waals surface area contributed by atoms with Crippen LogP contribution in [0.5, 0.6) is 0 Å². The minimum Gasteiger partial charge on any atom is -0.329 e. The average molecular weight is 271 g/mol. The van der Waals surface area contributed by atoms with Crippen molar-refractivity contribution >= 4 is 9.84 Å². The zero-order valence-electron chi connectivity index (χ0n) is 11.5. The van der Waals surface area contributed by atoms with Crippen LogP contribution in [0.4, 0.5) is 0 Å². The predicted octanol–water partition coefficient (Wildman–Crippen LogP) is 2.11. The van der Waals surface area contributed by atoms with Crippen molar-refractivity contribution in [3.63, 3.8) is 0 Å². The van der Waals surface area contributed by atoms with E-state index in [2.05, 4.69) is 0 Å². The van der Waals surface area contributed by atoms with Crippen LogP contribution in [-0.2, 0) is 9.84 Å². The summed E-state index contributed by atoms with van der Waals surface area (Å²) in [6.07, 6.45) is 6.55. The Morgan fingerprint density at radius 1 is 1.06 bits per heavy atom. The first-order valence-corrected chi connectivity index (χ1v) is 8.72. The Kier molecular flexibility index (Phi) is 2.67. The van der Waals surface area contributed by atoms with E-state index in [4.69, 9.17) is 5.73 Å². The molecule has 4 fully saturated rings. The Labute approximate surface area is 110 Å². The first kappa shape index (κ1) is 12.9. The van der Waals surface area contributed by atoms with E-state index in [0.29, 0.717) is 17.8 Å². The smallest absolute Gasteiger partial charge is 0.162 e. The lowest BCUT2D eigenvalue weighted by Gasteiger charge is -2.57. The van der Waals surface area contributed by atoms with Gasteiger partial charge in [-0.3, -0.25) is 0 Å². The van der Waals surface area contributed by atoms with Crippen LogP contribution < -0.4 is 5.73 Å². The van der Waals surface area contributed by atoms with Gasteiger partial charge in [-0.15, -0.1) is 0 Å². The molecule has 0 heterocycles. The van der Waals surface area contributed by atoms with Gasteiger partial charge in [0.2, 0.25) is 0 Å². The fourth-order valence-corrected chi connectivity index (χ4v) is 7.81. The predicted molar refractivity (Wildman–Crippen MR) is 73.0 cm³/mol. The van der Waals surface area contributed by atoms with Crippen LogP contribution in [0.15, 0.2) is 0 Å². The number of sulfone groups is 1.